The predicted molar refractivity (Wildman–Crippen MR) is 101 cm³/mol. The molecule has 1 saturated heterocycles. The number of hydrogen-bond donors (Lipinski definition) is 1. The minimum Gasteiger partial charge on any atom is -0.331 e. The fraction of sp³-hybridized carbons (Fsp3) is 0.850. The molecule has 3 fully saturated rings. The highest BCUT2D eigenvalue weighted by Crippen LogP contribution is 2.37. The Kier molecular flexibility index (Phi) is 5.30. The summed E-state index contributed by atoms with van der Waals surface area (Å²) in [5.41, 5.74) is 1.54. The third-order valence-electron chi connectivity index (χ3n) is 6.75. The lowest BCUT2D eigenvalue weighted by molar-refractivity contribution is 0.0580. The van der Waals surface area contributed by atoms with Crippen LogP contribution in [-0.2, 0) is 0 Å². The van der Waals surface area contributed by atoms with Crippen LogP contribution < -0.4 is 5.32 Å². The monoisotopic (exact) mass is 359 g/mol. The van der Waals surface area contributed by atoms with Gasteiger partial charge in [-0.05, 0) is 77.3 Å². The van der Waals surface area contributed by atoms with Crippen molar-refractivity contribution in [3.63, 3.8) is 0 Å². The van der Waals surface area contributed by atoms with Gasteiger partial charge in [0.15, 0.2) is 5.69 Å². The number of rotatable bonds is 5. The van der Waals surface area contributed by atoms with Crippen molar-refractivity contribution in [2.75, 3.05) is 13.1 Å². The largest absolute Gasteiger partial charge is 0.331 e. The molecule has 2 aliphatic carbocycles. The molecule has 2 heterocycles. The maximum absolute atomic E-state index is 13.4. The van der Waals surface area contributed by atoms with Crippen molar-refractivity contribution in [2.45, 2.75) is 89.8 Å². The van der Waals surface area contributed by atoms with Gasteiger partial charge >= 0.3 is 0 Å². The van der Waals surface area contributed by atoms with Crippen LogP contribution in [0.3, 0.4) is 0 Å². The molecule has 1 aliphatic heterocycles. The SMILES string of the molecule is CCC1CCC(N(C(=O)c2nnn(C3CCNCC3)c2C)C2CC2)CC1. The topological polar surface area (TPSA) is 63.1 Å². The molecule has 1 N–H and O–H groups in total. The third kappa shape index (κ3) is 3.53. The first kappa shape index (κ1) is 18.0. The molecule has 6 nitrogen and oxygen atoms in total. The predicted octanol–water partition coefficient (Wildman–Crippen LogP) is 3.08. The number of aromatic nitrogens is 3. The van der Waals surface area contributed by atoms with Crippen molar-refractivity contribution in [2.24, 2.45) is 5.92 Å². The number of nitrogens with zero attached hydrogens (tertiary/aromatic N) is 4. The van der Waals surface area contributed by atoms with E-state index in [4.69, 9.17) is 0 Å². The van der Waals surface area contributed by atoms with Crippen molar-refractivity contribution in [3.8, 4) is 0 Å². The lowest BCUT2D eigenvalue weighted by Gasteiger charge is -2.36. The molecule has 0 unspecified atom stereocenters. The molecule has 144 valence electrons. The van der Waals surface area contributed by atoms with Gasteiger partial charge in [0.1, 0.15) is 0 Å². The average molecular weight is 360 g/mol. The zero-order valence-corrected chi connectivity index (χ0v) is 16.3. The van der Waals surface area contributed by atoms with E-state index in [1.165, 1.54) is 19.3 Å². The van der Waals surface area contributed by atoms with Crippen LogP contribution in [0.5, 0.6) is 0 Å². The van der Waals surface area contributed by atoms with Gasteiger partial charge in [-0.25, -0.2) is 4.68 Å². The number of carbonyl (C=O) groups is 1. The molecular weight excluding hydrogens is 326 g/mol. The van der Waals surface area contributed by atoms with Crippen molar-refractivity contribution in [1.29, 1.82) is 0 Å². The van der Waals surface area contributed by atoms with Crippen LogP contribution >= 0.6 is 0 Å². The molecule has 0 spiro atoms. The Bertz CT molecular complexity index is 624. The van der Waals surface area contributed by atoms with Crippen LogP contribution in [0.2, 0.25) is 0 Å². The summed E-state index contributed by atoms with van der Waals surface area (Å²) < 4.78 is 2.01. The fourth-order valence-corrected chi connectivity index (χ4v) is 4.87. The van der Waals surface area contributed by atoms with Crippen molar-refractivity contribution in [1.82, 2.24) is 25.2 Å². The van der Waals surface area contributed by atoms with Gasteiger partial charge in [0.05, 0.1) is 11.7 Å². The van der Waals surface area contributed by atoms with Crippen LogP contribution in [0.15, 0.2) is 0 Å². The van der Waals surface area contributed by atoms with Crippen LogP contribution in [0.4, 0.5) is 0 Å². The van der Waals surface area contributed by atoms with Crippen molar-refractivity contribution in [3.05, 3.63) is 11.4 Å². The average Bonchev–Trinajstić information content (AvgIpc) is 3.44. The minimum atomic E-state index is 0.130. The van der Waals surface area contributed by atoms with E-state index in [2.05, 4.69) is 27.5 Å². The van der Waals surface area contributed by atoms with E-state index >= 15 is 0 Å². The first-order valence-corrected chi connectivity index (χ1v) is 10.6. The third-order valence-corrected chi connectivity index (χ3v) is 6.75. The summed E-state index contributed by atoms with van der Waals surface area (Å²) in [7, 11) is 0. The first-order valence-electron chi connectivity index (χ1n) is 10.6. The summed E-state index contributed by atoms with van der Waals surface area (Å²) in [4.78, 5) is 15.6. The van der Waals surface area contributed by atoms with Crippen molar-refractivity contribution >= 4 is 5.91 Å². The van der Waals surface area contributed by atoms with Crippen LogP contribution in [0.1, 0.15) is 86.9 Å². The van der Waals surface area contributed by atoms with Crippen LogP contribution in [-0.4, -0.2) is 51.0 Å². The lowest BCUT2D eigenvalue weighted by atomic mass is 9.83. The second-order valence-electron chi connectivity index (χ2n) is 8.48. The fourth-order valence-electron chi connectivity index (χ4n) is 4.87. The second-order valence-corrected chi connectivity index (χ2v) is 8.48. The number of nitrogens with one attached hydrogen (secondary N) is 1. The van der Waals surface area contributed by atoms with Gasteiger partial charge in [0.2, 0.25) is 0 Å². The summed E-state index contributed by atoms with van der Waals surface area (Å²) in [5, 5.41) is 12.1. The van der Waals surface area contributed by atoms with Crippen LogP contribution in [0.25, 0.3) is 0 Å². The smallest absolute Gasteiger partial charge is 0.276 e. The Labute approximate surface area is 156 Å². The maximum Gasteiger partial charge on any atom is 0.276 e. The number of carbonyl (C=O) groups excluding carboxylic acids is 1. The molecule has 1 aromatic heterocycles. The van der Waals surface area contributed by atoms with E-state index in [9.17, 15) is 4.79 Å². The maximum atomic E-state index is 13.4. The normalized spacial score (nSPS) is 27.5. The highest BCUT2D eigenvalue weighted by molar-refractivity contribution is 5.94. The van der Waals surface area contributed by atoms with E-state index in [1.807, 2.05) is 11.6 Å². The van der Waals surface area contributed by atoms with E-state index < -0.39 is 0 Å². The zero-order valence-electron chi connectivity index (χ0n) is 16.3. The van der Waals surface area contributed by atoms with E-state index in [0.29, 0.717) is 23.8 Å². The lowest BCUT2D eigenvalue weighted by Crippen LogP contribution is -2.44. The van der Waals surface area contributed by atoms with Gasteiger partial charge in [0.25, 0.3) is 5.91 Å². The quantitative estimate of drug-likeness (QED) is 0.877. The van der Waals surface area contributed by atoms with Gasteiger partial charge < -0.3 is 10.2 Å². The Morgan fingerprint density at radius 1 is 1.08 bits per heavy atom. The van der Waals surface area contributed by atoms with Gasteiger partial charge in [0, 0.05) is 12.1 Å². The molecule has 1 aromatic rings. The number of amides is 1. The molecular formula is C20H33N5O. The minimum absolute atomic E-state index is 0.130. The van der Waals surface area contributed by atoms with E-state index in [1.54, 1.807) is 0 Å². The van der Waals surface area contributed by atoms with Crippen molar-refractivity contribution < 1.29 is 4.79 Å². The molecule has 26 heavy (non-hydrogen) atoms. The molecule has 2 saturated carbocycles. The molecule has 0 atom stereocenters. The van der Waals surface area contributed by atoms with Gasteiger partial charge in [-0.15, -0.1) is 5.10 Å². The molecule has 6 heteroatoms. The van der Waals surface area contributed by atoms with Crippen LogP contribution in [0, 0.1) is 12.8 Å². The zero-order chi connectivity index (χ0) is 18.1. The van der Waals surface area contributed by atoms with Gasteiger partial charge in [-0.1, -0.05) is 18.6 Å². The highest BCUT2D eigenvalue weighted by Gasteiger charge is 2.40. The Morgan fingerprint density at radius 2 is 1.69 bits per heavy atom. The highest BCUT2D eigenvalue weighted by atomic mass is 16.2. The van der Waals surface area contributed by atoms with Gasteiger partial charge in [-0.2, -0.15) is 0 Å². The molecule has 0 bridgehead atoms. The summed E-state index contributed by atoms with van der Waals surface area (Å²) in [6, 6.07) is 1.22. The Balaban J connectivity index is 1.51. The molecule has 4 rings (SSSR count). The second kappa shape index (κ2) is 7.67. The van der Waals surface area contributed by atoms with E-state index in [0.717, 1.165) is 63.2 Å². The molecule has 3 aliphatic rings. The Morgan fingerprint density at radius 3 is 2.27 bits per heavy atom. The molecule has 1 amide bonds. The standard InChI is InChI=1S/C20H33N5O/c1-3-15-4-6-16(7-5-15)24(17-8-9-17)20(26)19-14(2)25(23-22-19)18-10-12-21-13-11-18/h15-18,21H,3-13H2,1-2H3. The number of piperidine rings is 1. The van der Waals surface area contributed by atoms with E-state index in [-0.39, 0.29) is 5.91 Å². The summed E-state index contributed by atoms with van der Waals surface area (Å²) in [5.74, 6) is 0.982. The summed E-state index contributed by atoms with van der Waals surface area (Å²) in [6.45, 7) is 6.34. The molecule has 0 aromatic carbocycles. The Hall–Kier alpha value is -1.43. The number of hydrogen-bond acceptors (Lipinski definition) is 4. The summed E-state index contributed by atoms with van der Waals surface area (Å²) in [6.07, 6.45) is 10.5. The first-order chi connectivity index (χ1) is 12.7. The summed E-state index contributed by atoms with van der Waals surface area (Å²) >= 11 is 0. The van der Waals surface area contributed by atoms with Gasteiger partial charge in [-0.3, -0.25) is 4.79 Å². The molecule has 0 radical (unpaired) electrons.